The van der Waals surface area contributed by atoms with Crippen LogP contribution in [0, 0.1) is 46.8 Å². The SMILES string of the molecule is CCC/C=C/C=C/C=C/C1CC2\C=C/C=C/C=C/CC(=O)O[C@@]34C[C@@H](C)[C@@]5(O)[C@@H](C=C(CO)C[C@]6(O)C(=O)C(C)=C[C@@H]56)[C@@H]3[C@@]4(C)COC(=O)/C=C\C21. The predicted octanol–water partition coefficient (Wildman–Crippen LogP) is 6.38. The second kappa shape index (κ2) is 14.9. The van der Waals surface area contributed by atoms with Gasteiger partial charge in [0.05, 0.1) is 18.6 Å². The summed E-state index contributed by atoms with van der Waals surface area (Å²) in [7, 11) is 0. The van der Waals surface area contributed by atoms with E-state index < -0.39 is 70.2 Å². The van der Waals surface area contributed by atoms with Gasteiger partial charge in [-0.1, -0.05) is 118 Å². The molecule has 5 aliphatic carbocycles. The van der Waals surface area contributed by atoms with Crippen LogP contribution in [0.5, 0.6) is 0 Å². The Morgan fingerprint density at radius 1 is 1.00 bits per heavy atom. The summed E-state index contributed by atoms with van der Waals surface area (Å²) in [6.45, 7) is 7.09. The molecule has 3 fully saturated rings. The van der Waals surface area contributed by atoms with Gasteiger partial charge >= 0.3 is 11.9 Å². The van der Waals surface area contributed by atoms with E-state index in [2.05, 4.69) is 37.3 Å². The Morgan fingerprint density at radius 3 is 2.54 bits per heavy atom. The molecule has 6 rings (SSSR count). The normalized spacial score (nSPS) is 44.3. The van der Waals surface area contributed by atoms with Crippen molar-refractivity contribution in [2.45, 2.75) is 83.0 Å². The van der Waals surface area contributed by atoms with E-state index in [0.29, 0.717) is 11.1 Å². The van der Waals surface area contributed by atoms with Crippen LogP contribution in [-0.4, -0.2) is 63.1 Å². The Kier molecular flexibility index (Phi) is 10.8. The van der Waals surface area contributed by atoms with Gasteiger partial charge in [-0.15, -0.1) is 0 Å². The smallest absolute Gasteiger partial charge is 0.330 e. The van der Waals surface area contributed by atoms with Crippen LogP contribution in [0.25, 0.3) is 0 Å². The summed E-state index contributed by atoms with van der Waals surface area (Å²) >= 11 is 0. The minimum atomic E-state index is -1.90. The number of hydrogen-bond acceptors (Lipinski definition) is 8. The van der Waals surface area contributed by atoms with E-state index in [0.717, 1.165) is 19.3 Å². The van der Waals surface area contributed by atoms with Crippen LogP contribution in [0.4, 0.5) is 0 Å². The maximum absolute atomic E-state index is 13.4. The van der Waals surface area contributed by atoms with E-state index in [9.17, 15) is 29.7 Å². The molecule has 3 unspecified atom stereocenters. The van der Waals surface area contributed by atoms with Crippen molar-refractivity contribution in [3.05, 3.63) is 108 Å². The number of hydrogen-bond donors (Lipinski definition) is 3. The molecule has 0 amide bonds. The molecule has 3 saturated carbocycles. The highest BCUT2D eigenvalue weighted by molar-refractivity contribution is 6.04. The molecule has 0 aromatic rings. The lowest BCUT2D eigenvalue weighted by molar-refractivity contribution is -0.187. The van der Waals surface area contributed by atoms with Gasteiger partial charge in [0.1, 0.15) is 17.8 Å². The molecule has 3 N–H and O–H groups in total. The van der Waals surface area contributed by atoms with E-state index >= 15 is 0 Å². The van der Waals surface area contributed by atoms with Gasteiger partial charge in [-0.2, -0.15) is 0 Å². The van der Waals surface area contributed by atoms with E-state index in [1.54, 1.807) is 25.2 Å². The molecule has 0 radical (unpaired) electrons. The average Bonchev–Trinajstić information content (AvgIpc) is 3.55. The van der Waals surface area contributed by atoms with Crippen molar-refractivity contribution < 1.29 is 39.2 Å². The molecule has 1 spiro atoms. The molecule has 11 atom stereocenters. The quantitative estimate of drug-likeness (QED) is 0.165. The highest BCUT2D eigenvalue weighted by Gasteiger charge is 2.85. The van der Waals surface area contributed by atoms with E-state index in [-0.39, 0.29) is 43.6 Å². The topological polar surface area (TPSA) is 130 Å². The van der Waals surface area contributed by atoms with Crippen LogP contribution in [0.1, 0.15) is 66.2 Å². The van der Waals surface area contributed by atoms with Gasteiger partial charge in [0.15, 0.2) is 5.78 Å². The molecule has 1 aliphatic heterocycles. The fourth-order valence-corrected chi connectivity index (χ4v) is 10.0. The summed E-state index contributed by atoms with van der Waals surface area (Å²) in [5.41, 5.74) is -4.67. The standard InChI is InChI=1S/C44H54O8/c1-5-6-7-8-9-11-14-17-32-24-33-18-15-12-10-13-16-19-38(47)52-43-25-30(3)44(50)35(39(43)41(43,4)28-51-37(46)21-20-34(32)33)23-31(27-45)26-42(49)36(44)22-29(2)40(42)48/h7-18,20-23,30,32-36,39,45,49-50H,5-6,19,24-28H2,1-4H3/b8-7+,11-9+,12-10+,16-13+,17-14+,18-15-,21-20-/t30-,32?,33?,34?,35+,36-,39-,41-,42-,43+,44-/m1/s1. The lowest BCUT2D eigenvalue weighted by Gasteiger charge is -2.50. The molecule has 8 heteroatoms. The number of cyclic esters (lactones) is 1. The number of carbonyl (C=O) groups excluding carboxylic acids is 3. The molecule has 278 valence electrons. The molecule has 0 saturated heterocycles. The molecule has 52 heavy (non-hydrogen) atoms. The number of fused-ring (bicyclic) bond motifs is 6. The monoisotopic (exact) mass is 710 g/mol. The zero-order valence-corrected chi connectivity index (χ0v) is 30.8. The molecule has 6 aliphatic rings. The Hall–Kier alpha value is -3.85. The highest BCUT2D eigenvalue weighted by Crippen LogP contribution is 2.77. The Morgan fingerprint density at radius 2 is 1.77 bits per heavy atom. The summed E-state index contributed by atoms with van der Waals surface area (Å²) in [5.74, 6) is -3.45. The third kappa shape index (κ3) is 6.52. The van der Waals surface area contributed by atoms with Crippen LogP contribution in [-0.2, 0) is 23.9 Å². The van der Waals surface area contributed by atoms with Crippen molar-refractivity contribution in [3.63, 3.8) is 0 Å². The maximum atomic E-state index is 13.4. The molecule has 0 aromatic carbocycles. The second-order valence-electron chi connectivity index (χ2n) is 16.0. The average molecular weight is 711 g/mol. The molecule has 8 nitrogen and oxygen atoms in total. The van der Waals surface area contributed by atoms with Gasteiger partial charge in [-0.25, -0.2) is 4.79 Å². The Bertz CT molecular complexity index is 1700. The van der Waals surface area contributed by atoms with Crippen LogP contribution < -0.4 is 0 Å². The van der Waals surface area contributed by atoms with E-state index in [1.807, 2.05) is 56.4 Å². The number of allylic oxidation sites excluding steroid dienone is 12. The summed E-state index contributed by atoms with van der Waals surface area (Å²) in [6.07, 6.45) is 34.2. The Balaban J connectivity index is 1.29. The number of aliphatic hydroxyl groups excluding tert-OH is 1. The Labute approximate surface area is 307 Å². The van der Waals surface area contributed by atoms with Gasteiger partial charge in [0.25, 0.3) is 0 Å². The summed E-state index contributed by atoms with van der Waals surface area (Å²) in [4.78, 5) is 40.2. The summed E-state index contributed by atoms with van der Waals surface area (Å²) < 4.78 is 12.3. The minimum Gasteiger partial charge on any atom is -0.462 e. The molecule has 0 bridgehead atoms. The third-order valence-electron chi connectivity index (χ3n) is 12.9. The lowest BCUT2D eigenvalue weighted by atomic mass is 9.60. The molecule has 0 aromatic heterocycles. The van der Waals surface area contributed by atoms with E-state index in [4.69, 9.17) is 9.47 Å². The van der Waals surface area contributed by atoms with Crippen LogP contribution >= 0.6 is 0 Å². The third-order valence-corrected chi connectivity index (χ3v) is 12.9. The first-order valence-corrected chi connectivity index (χ1v) is 18.9. The maximum Gasteiger partial charge on any atom is 0.330 e. The number of rotatable bonds is 6. The number of unbranched alkanes of at least 4 members (excludes halogenated alkanes) is 1. The van der Waals surface area contributed by atoms with Crippen molar-refractivity contribution in [1.29, 1.82) is 0 Å². The zero-order chi connectivity index (χ0) is 37.3. The fourth-order valence-electron chi connectivity index (χ4n) is 10.0. The van der Waals surface area contributed by atoms with Crippen LogP contribution in [0.2, 0.25) is 0 Å². The van der Waals surface area contributed by atoms with Gasteiger partial charge in [-0.05, 0) is 61.0 Å². The van der Waals surface area contributed by atoms with Crippen LogP contribution in [0.3, 0.4) is 0 Å². The van der Waals surface area contributed by atoms with Gasteiger partial charge in [0.2, 0.25) is 0 Å². The first-order chi connectivity index (χ1) is 24.9. The lowest BCUT2D eigenvalue weighted by Crippen LogP contribution is -2.61. The number of esters is 2. The van der Waals surface area contributed by atoms with Crippen molar-refractivity contribution in [1.82, 2.24) is 0 Å². The molecular weight excluding hydrogens is 656 g/mol. The predicted molar refractivity (Wildman–Crippen MR) is 199 cm³/mol. The molecular formula is C44H54O8. The van der Waals surface area contributed by atoms with Crippen molar-refractivity contribution in [2.75, 3.05) is 13.2 Å². The molecule has 1 heterocycles. The van der Waals surface area contributed by atoms with Gasteiger partial charge < -0.3 is 24.8 Å². The van der Waals surface area contributed by atoms with Crippen molar-refractivity contribution in [3.8, 4) is 0 Å². The fraction of sp³-hybridized carbons (Fsp3) is 0.523. The van der Waals surface area contributed by atoms with Crippen LogP contribution in [0.15, 0.2) is 108 Å². The van der Waals surface area contributed by atoms with Crippen molar-refractivity contribution in [2.24, 2.45) is 46.8 Å². The van der Waals surface area contributed by atoms with E-state index in [1.165, 1.54) is 6.08 Å². The summed E-state index contributed by atoms with van der Waals surface area (Å²) in [5, 5.41) is 35.0. The first-order valence-electron chi connectivity index (χ1n) is 18.9. The van der Waals surface area contributed by atoms with Gasteiger partial charge in [-0.3, -0.25) is 9.59 Å². The van der Waals surface area contributed by atoms with Crippen molar-refractivity contribution >= 4 is 17.7 Å². The highest BCUT2D eigenvalue weighted by atomic mass is 16.6. The number of ether oxygens (including phenoxy) is 2. The number of carbonyl (C=O) groups is 3. The van der Waals surface area contributed by atoms with Gasteiger partial charge in [0, 0.05) is 35.7 Å². The minimum absolute atomic E-state index is 0.0303. The summed E-state index contributed by atoms with van der Waals surface area (Å²) in [6, 6.07) is 0. The number of Topliss-reactive ketones (excluding diaryl/α,β-unsaturated/α-hetero) is 1. The number of ketones is 1. The zero-order valence-electron chi connectivity index (χ0n) is 30.8. The second-order valence-corrected chi connectivity index (χ2v) is 16.0. The number of aliphatic hydroxyl groups is 3. The largest absolute Gasteiger partial charge is 0.462 e. The first kappa shape index (κ1) is 37.9.